The molecule has 1 rings (SSSR count). The fourth-order valence-electron chi connectivity index (χ4n) is 1.43. The van der Waals surface area contributed by atoms with Crippen LogP contribution in [0.5, 0.6) is 0 Å². The van der Waals surface area contributed by atoms with Crippen molar-refractivity contribution in [3.8, 4) is 0 Å². The van der Waals surface area contributed by atoms with Gasteiger partial charge in [-0.2, -0.15) is 4.31 Å². The maximum Gasteiger partial charge on any atom is 0.273 e. The van der Waals surface area contributed by atoms with Crippen molar-refractivity contribution in [2.75, 3.05) is 20.1 Å². The Morgan fingerprint density at radius 2 is 2.06 bits per heavy atom. The van der Waals surface area contributed by atoms with Crippen LogP contribution in [0.3, 0.4) is 0 Å². The van der Waals surface area contributed by atoms with Gasteiger partial charge < -0.3 is 5.73 Å². The number of nitro benzene ring substituents is 1. The lowest BCUT2D eigenvalue weighted by Gasteiger charge is -2.16. The first-order chi connectivity index (χ1) is 8.30. The summed E-state index contributed by atoms with van der Waals surface area (Å²) < 4.78 is 25.2. The summed E-state index contributed by atoms with van der Waals surface area (Å²) in [5.74, 6) is 0. The summed E-state index contributed by atoms with van der Waals surface area (Å²) in [7, 11) is -2.34. The molecule has 0 heterocycles. The summed E-state index contributed by atoms with van der Waals surface area (Å²) in [5.41, 5.74) is 5.50. The highest BCUT2D eigenvalue weighted by molar-refractivity contribution is 7.89. The van der Waals surface area contributed by atoms with Gasteiger partial charge in [-0.15, -0.1) is 0 Å². The fraction of sp³-hybridized carbons (Fsp3) is 0.400. The monoisotopic (exact) mass is 273 g/mol. The zero-order valence-electron chi connectivity index (χ0n) is 10.2. The van der Waals surface area contributed by atoms with Crippen molar-refractivity contribution in [3.63, 3.8) is 0 Å². The maximum absolute atomic E-state index is 12.1. The summed E-state index contributed by atoms with van der Waals surface area (Å²) >= 11 is 0. The van der Waals surface area contributed by atoms with Gasteiger partial charge in [0.25, 0.3) is 5.69 Å². The number of nitrogens with zero attached hydrogens (tertiary/aromatic N) is 2. The highest BCUT2D eigenvalue weighted by Gasteiger charge is 2.23. The molecule has 0 radical (unpaired) electrons. The Morgan fingerprint density at radius 3 is 2.56 bits per heavy atom. The van der Waals surface area contributed by atoms with Gasteiger partial charge in [0.1, 0.15) is 0 Å². The second-order valence-electron chi connectivity index (χ2n) is 3.82. The molecule has 0 atom stereocenters. The smallest absolute Gasteiger partial charge is 0.273 e. The molecule has 1 aromatic rings. The van der Waals surface area contributed by atoms with Crippen molar-refractivity contribution >= 4 is 15.7 Å². The number of likely N-dealkylation sites (N-methyl/N-ethyl adjacent to an activating group) is 1. The van der Waals surface area contributed by atoms with Gasteiger partial charge in [0.05, 0.1) is 9.82 Å². The van der Waals surface area contributed by atoms with Crippen LogP contribution in [0.15, 0.2) is 23.1 Å². The molecule has 0 aromatic heterocycles. The molecule has 7 nitrogen and oxygen atoms in total. The van der Waals surface area contributed by atoms with Gasteiger partial charge in [-0.3, -0.25) is 10.1 Å². The number of nitrogens with two attached hydrogens (primary N) is 1. The van der Waals surface area contributed by atoms with Gasteiger partial charge in [-0.25, -0.2) is 8.42 Å². The molecule has 0 aliphatic carbocycles. The lowest BCUT2D eigenvalue weighted by molar-refractivity contribution is -0.385. The van der Waals surface area contributed by atoms with Crippen molar-refractivity contribution in [1.29, 1.82) is 0 Å². The van der Waals surface area contributed by atoms with E-state index in [0.717, 1.165) is 10.4 Å². The van der Waals surface area contributed by atoms with Crippen molar-refractivity contribution in [3.05, 3.63) is 33.9 Å². The second kappa shape index (κ2) is 5.42. The van der Waals surface area contributed by atoms with Gasteiger partial charge in [-0.05, 0) is 13.0 Å². The molecule has 1 aromatic carbocycles. The van der Waals surface area contributed by atoms with E-state index in [1.54, 1.807) is 6.92 Å². The SMILES string of the molecule is Cc1ccc(S(=O)(=O)N(C)CCN)cc1[N+](=O)[O-]. The van der Waals surface area contributed by atoms with Gasteiger partial charge >= 0.3 is 0 Å². The molecule has 0 spiro atoms. The van der Waals surface area contributed by atoms with Crippen LogP contribution in [0.25, 0.3) is 0 Å². The van der Waals surface area contributed by atoms with E-state index >= 15 is 0 Å². The summed E-state index contributed by atoms with van der Waals surface area (Å²) in [4.78, 5) is 10.1. The highest BCUT2D eigenvalue weighted by atomic mass is 32.2. The Labute approximate surface area is 105 Å². The van der Waals surface area contributed by atoms with Gasteiger partial charge in [0.2, 0.25) is 10.0 Å². The number of benzene rings is 1. The van der Waals surface area contributed by atoms with E-state index in [1.165, 1.54) is 19.2 Å². The van der Waals surface area contributed by atoms with Crippen LogP contribution in [0.1, 0.15) is 5.56 Å². The molecule has 0 amide bonds. The van der Waals surface area contributed by atoms with Gasteiger partial charge in [0, 0.05) is 31.8 Å². The first-order valence-electron chi connectivity index (χ1n) is 5.22. The Morgan fingerprint density at radius 1 is 1.44 bits per heavy atom. The Kier molecular flexibility index (Phi) is 4.38. The van der Waals surface area contributed by atoms with Crippen molar-refractivity contribution < 1.29 is 13.3 Å². The van der Waals surface area contributed by atoms with E-state index in [-0.39, 0.29) is 23.7 Å². The minimum absolute atomic E-state index is 0.101. The van der Waals surface area contributed by atoms with Crippen molar-refractivity contribution in [2.45, 2.75) is 11.8 Å². The van der Waals surface area contributed by atoms with E-state index in [0.29, 0.717) is 5.56 Å². The van der Waals surface area contributed by atoms with Crippen LogP contribution >= 0.6 is 0 Å². The average Bonchev–Trinajstić information content (AvgIpc) is 2.29. The van der Waals surface area contributed by atoms with E-state index in [4.69, 9.17) is 5.73 Å². The Hall–Kier alpha value is -1.51. The van der Waals surface area contributed by atoms with E-state index in [9.17, 15) is 18.5 Å². The normalized spacial score (nSPS) is 11.8. The third-order valence-electron chi connectivity index (χ3n) is 2.53. The van der Waals surface area contributed by atoms with E-state index in [2.05, 4.69) is 0 Å². The van der Waals surface area contributed by atoms with Gasteiger partial charge in [0.15, 0.2) is 0 Å². The standard InChI is InChI=1S/C10H15N3O4S/c1-8-3-4-9(7-10(8)13(14)15)18(16,17)12(2)6-5-11/h3-4,7H,5-6,11H2,1-2H3. The predicted molar refractivity (Wildman–Crippen MR) is 66.7 cm³/mol. The molecular weight excluding hydrogens is 258 g/mol. The number of hydrogen-bond donors (Lipinski definition) is 1. The number of nitro groups is 1. The highest BCUT2D eigenvalue weighted by Crippen LogP contribution is 2.23. The Balaban J connectivity index is 3.26. The molecule has 2 N–H and O–H groups in total. The van der Waals surface area contributed by atoms with Gasteiger partial charge in [-0.1, -0.05) is 6.07 Å². The van der Waals surface area contributed by atoms with E-state index < -0.39 is 14.9 Å². The molecule has 100 valence electrons. The molecule has 0 saturated heterocycles. The summed E-state index contributed by atoms with van der Waals surface area (Å²) in [5, 5.41) is 10.8. The summed E-state index contributed by atoms with van der Waals surface area (Å²) in [6.07, 6.45) is 0. The molecular formula is C10H15N3O4S. The average molecular weight is 273 g/mol. The number of sulfonamides is 1. The fourth-order valence-corrected chi connectivity index (χ4v) is 2.63. The minimum Gasteiger partial charge on any atom is -0.329 e. The van der Waals surface area contributed by atoms with Crippen LogP contribution in [-0.4, -0.2) is 37.8 Å². The molecule has 0 aliphatic rings. The number of rotatable bonds is 5. The minimum atomic E-state index is -3.73. The topological polar surface area (TPSA) is 107 Å². The molecule has 0 fully saturated rings. The van der Waals surface area contributed by atoms with Crippen LogP contribution in [0, 0.1) is 17.0 Å². The zero-order valence-corrected chi connectivity index (χ0v) is 11.0. The first kappa shape index (κ1) is 14.6. The number of aryl methyl sites for hydroxylation is 1. The molecule has 0 bridgehead atoms. The summed E-state index contributed by atoms with van der Waals surface area (Å²) in [6, 6.07) is 3.84. The molecule has 0 unspecified atom stereocenters. The number of hydrogen-bond acceptors (Lipinski definition) is 5. The molecule has 0 saturated carbocycles. The van der Waals surface area contributed by atoms with E-state index in [1.807, 2.05) is 0 Å². The quantitative estimate of drug-likeness (QED) is 0.620. The molecule has 18 heavy (non-hydrogen) atoms. The third-order valence-corrected chi connectivity index (χ3v) is 4.38. The largest absolute Gasteiger partial charge is 0.329 e. The van der Waals surface area contributed by atoms with Crippen LogP contribution < -0.4 is 5.73 Å². The molecule has 8 heteroatoms. The van der Waals surface area contributed by atoms with Crippen molar-refractivity contribution in [2.24, 2.45) is 5.73 Å². The molecule has 0 aliphatic heterocycles. The summed E-state index contributed by atoms with van der Waals surface area (Å²) in [6.45, 7) is 1.89. The lowest BCUT2D eigenvalue weighted by atomic mass is 10.2. The maximum atomic E-state index is 12.1. The Bertz CT molecular complexity index is 556. The third kappa shape index (κ3) is 2.84. The van der Waals surface area contributed by atoms with Crippen molar-refractivity contribution in [1.82, 2.24) is 4.31 Å². The second-order valence-corrected chi connectivity index (χ2v) is 5.87. The van der Waals surface area contributed by atoms with Crippen LogP contribution in [-0.2, 0) is 10.0 Å². The van der Waals surface area contributed by atoms with Crippen LogP contribution in [0.2, 0.25) is 0 Å². The lowest BCUT2D eigenvalue weighted by Crippen LogP contribution is -2.31. The first-order valence-corrected chi connectivity index (χ1v) is 6.66. The van der Waals surface area contributed by atoms with Crippen LogP contribution in [0.4, 0.5) is 5.69 Å². The predicted octanol–water partition coefficient (Wildman–Crippen LogP) is 0.482. The zero-order chi connectivity index (χ0) is 13.9.